The molecular weight excluding hydrogens is 270 g/mol. The number of hydrazine groups is 1. The smallest absolute Gasteiger partial charge is 0.266 e. The molecule has 112 valence electrons. The third kappa shape index (κ3) is 3.33. The monoisotopic (exact) mass is 289 g/mol. The van der Waals surface area contributed by atoms with Gasteiger partial charge in [-0.3, -0.25) is 15.0 Å². The fourth-order valence-corrected chi connectivity index (χ4v) is 2.62. The molecule has 21 heavy (non-hydrogen) atoms. The van der Waals surface area contributed by atoms with Gasteiger partial charge in [-0.2, -0.15) is 0 Å². The van der Waals surface area contributed by atoms with Gasteiger partial charge in [-0.25, -0.2) is 5.01 Å². The Hall–Kier alpha value is -2.08. The fourth-order valence-electron chi connectivity index (χ4n) is 2.62. The van der Waals surface area contributed by atoms with Gasteiger partial charge in [0.25, 0.3) is 5.91 Å². The number of para-hydroxylation sites is 2. The van der Waals surface area contributed by atoms with Crippen LogP contribution in [-0.4, -0.2) is 36.0 Å². The number of amides is 2. The highest BCUT2D eigenvalue weighted by atomic mass is 16.5. The van der Waals surface area contributed by atoms with Crippen molar-refractivity contribution in [2.24, 2.45) is 0 Å². The number of benzene rings is 1. The van der Waals surface area contributed by atoms with Gasteiger partial charge in [0.2, 0.25) is 5.91 Å². The minimum atomic E-state index is -0.773. The molecule has 3 rings (SSSR count). The van der Waals surface area contributed by atoms with Crippen LogP contribution in [-0.2, 0) is 9.59 Å². The van der Waals surface area contributed by atoms with Crippen molar-refractivity contribution in [1.29, 1.82) is 0 Å². The number of fused-ring (bicyclic) bond motifs is 1. The topological polar surface area (TPSA) is 70.7 Å². The Balaban J connectivity index is 1.57. The van der Waals surface area contributed by atoms with Crippen molar-refractivity contribution in [3.8, 4) is 5.75 Å². The molecule has 2 N–H and O–H groups in total. The summed E-state index contributed by atoms with van der Waals surface area (Å²) in [5.74, 6) is 0.145. The Labute approximate surface area is 123 Å². The van der Waals surface area contributed by atoms with E-state index < -0.39 is 6.10 Å². The lowest BCUT2D eigenvalue weighted by Crippen LogP contribution is -2.48. The van der Waals surface area contributed by atoms with E-state index in [0.29, 0.717) is 11.4 Å². The maximum absolute atomic E-state index is 12.0. The summed E-state index contributed by atoms with van der Waals surface area (Å²) in [4.78, 5) is 24.0. The molecule has 1 aromatic carbocycles. The molecule has 6 nitrogen and oxygen atoms in total. The Morgan fingerprint density at radius 3 is 2.86 bits per heavy atom. The van der Waals surface area contributed by atoms with Crippen LogP contribution in [0.25, 0.3) is 0 Å². The second-order valence-corrected chi connectivity index (χ2v) is 5.38. The number of hydrogen-bond donors (Lipinski definition) is 2. The zero-order chi connectivity index (χ0) is 14.7. The van der Waals surface area contributed by atoms with Crippen LogP contribution >= 0.6 is 0 Å². The zero-order valence-electron chi connectivity index (χ0n) is 11.8. The highest BCUT2D eigenvalue weighted by Gasteiger charge is 2.30. The van der Waals surface area contributed by atoms with Crippen LogP contribution in [0, 0.1) is 0 Å². The average Bonchev–Trinajstić information content (AvgIpc) is 2.49. The summed E-state index contributed by atoms with van der Waals surface area (Å²) in [6.45, 7) is 1.73. The Morgan fingerprint density at radius 2 is 2.05 bits per heavy atom. The summed E-state index contributed by atoms with van der Waals surface area (Å²) in [7, 11) is 0. The molecule has 1 atom stereocenters. The first-order valence-corrected chi connectivity index (χ1v) is 7.33. The van der Waals surface area contributed by atoms with Crippen molar-refractivity contribution >= 4 is 17.5 Å². The molecule has 0 radical (unpaired) electrons. The zero-order valence-corrected chi connectivity index (χ0v) is 11.8. The number of hydrogen-bond acceptors (Lipinski definition) is 4. The Bertz CT molecular complexity index is 541. The highest BCUT2D eigenvalue weighted by molar-refractivity contribution is 5.99. The first-order chi connectivity index (χ1) is 10.2. The lowest BCUT2D eigenvalue weighted by atomic mass is 10.1. The van der Waals surface area contributed by atoms with E-state index in [9.17, 15) is 9.59 Å². The normalized spacial score (nSPS) is 21.9. The van der Waals surface area contributed by atoms with Crippen LogP contribution in [0.2, 0.25) is 0 Å². The number of piperidine rings is 1. The van der Waals surface area contributed by atoms with E-state index in [1.165, 1.54) is 6.42 Å². The van der Waals surface area contributed by atoms with E-state index in [2.05, 4.69) is 10.7 Å². The summed E-state index contributed by atoms with van der Waals surface area (Å²) >= 11 is 0. The number of anilines is 1. The SMILES string of the molecule is O=C(C[C@@H]1Oc2ccccc2NC1=O)NN1CCCCC1. The van der Waals surface area contributed by atoms with Crippen molar-refractivity contribution in [3.05, 3.63) is 24.3 Å². The summed E-state index contributed by atoms with van der Waals surface area (Å²) in [5, 5.41) is 4.68. The van der Waals surface area contributed by atoms with Crippen LogP contribution in [0.3, 0.4) is 0 Å². The predicted octanol–water partition coefficient (Wildman–Crippen LogP) is 1.29. The maximum atomic E-state index is 12.0. The van der Waals surface area contributed by atoms with Crippen molar-refractivity contribution in [3.63, 3.8) is 0 Å². The fraction of sp³-hybridized carbons (Fsp3) is 0.467. The summed E-state index contributed by atoms with van der Waals surface area (Å²) < 4.78 is 5.61. The lowest BCUT2D eigenvalue weighted by molar-refractivity contribution is -0.133. The molecule has 2 aliphatic heterocycles. The third-order valence-electron chi connectivity index (χ3n) is 3.72. The van der Waals surface area contributed by atoms with Gasteiger partial charge in [0.1, 0.15) is 5.75 Å². The lowest BCUT2D eigenvalue weighted by Gasteiger charge is -2.29. The average molecular weight is 289 g/mol. The molecule has 2 amide bonds. The molecule has 0 spiro atoms. The standard InChI is InChI=1S/C15H19N3O3/c19-14(17-18-8-4-1-5-9-18)10-13-15(20)16-11-6-2-3-7-12(11)21-13/h2-3,6-7,13H,1,4-5,8-10H2,(H,16,20)(H,17,19)/t13-/m0/s1. The maximum Gasteiger partial charge on any atom is 0.266 e. The number of rotatable bonds is 3. The van der Waals surface area contributed by atoms with Crippen LogP contribution in [0.4, 0.5) is 5.69 Å². The number of carbonyl (C=O) groups is 2. The molecule has 0 bridgehead atoms. The van der Waals surface area contributed by atoms with Crippen LogP contribution in [0.15, 0.2) is 24.3 Å². The number of carbonyl (C=O) groups excluding carboxylic acids is 2. The molecule has 0 unspecified atom stereocenters. The van der Waals surface area contributed by atoms with Crippen molar-refractivity contribution in [2.75, 3.05) is 18.4 Å². The van der Waals surface area contributed by atoms with Crippen LogP contribution < -0.4 is 15.5 Å². The van der Waals surface area contributed by atoms with E-state index in [1.54, 1.807) is 12.1 Å². The molecule has 2 heterocycles. The van der Waals surface area contributed by atoms with E-state index in [-0.39, 0.29) is 18.2 Å². The molecule has 1 fully saturated rings. The van der Waals surface area contributed by atoms with E-state index >= 15 is 0 Å². The molecule has 0 aliphatic carbocycles. The van der Waals surface area contributed by atoms with E-state index in [0.717, 1.165) is 25.9 Å². The quantitative estimate of drug-likeness (QED) is 0.879. The Morgan fingerprint density at radius 1 is 1.29 bits per heavy atom. The Kier molecular flexibility index (Phi) is 4.06. The van der Waals surface area contributed by atoms with Crippen molar-refractivity contribution in [1.82, 2.24) is 10.4 Å². The number of nitrogens with one attached hydrogen (secondary N) is 2. The highest BCUT2D eigenvalue weighted by Crippen LogP contribution is 2.29. The van der Waals surface area contributed by atoms with Gasteiger partial charge < -0.3 is 10.1 Å². The molecule has 0 saturated carbocycles. The predicted molar refractivity (Wildman–Crippen MR) is 77.7 cm³/mol. The minimum Gasteiger partial charge on any atom is -0.478 e. The molecule has 2 aliphatic rings. The summed E-state index contributed by atoms with van der Waals surface area (Å²) in [6.07, 6.45) is 2.64. The first kappa shape index (κ1) is 13.9. The number of nitrogens with zero attached hydrogens (tertiary/aromatic N) is 1. The molecule has 0 aromatic heterocycles. The van der Waals surface area contributed by atoms with Crippen LogP contribution in [0.5, 0.6) is 5.75 Å². The van der Waals surface area contributed by atoms with Crippen molar-refractivity contribution in [2.45, 2.75) is 31.8 Å². The molecule has 6 heteroatoms. The van der Waals surface area contributed by atoms with Gasteiger partial charge in [-0.1, -0.05) is 18.6 Å². The van der Waals surface area contributed by atoms with Crippen molar-refractivity contribution < 1.29 is 14.3 Å². The van der Waals surface area contributed by atoms with Gasteiger partial charge in [-0.05, 0) is 25.0 Å². The van der Waals surface area contributed by atoms with Gasteiger partial charge in [0.05, 0.1) is 12.1 Å². The molecular formula is C15H19N3O3. The van der Waals surface area contributed by atoms with E-state index in [4.69, 9.17) is 4.74 Å². The third-order valence-corrected chi connectivity index (χ3v) is 3.72. The second kappa shape index (κ2) is 6.13. The van der Waals surface area contributed by atoms with Gasteiger partial charge in [-0.15, -0.1) is 0 Å². The molecule has 1 aromatic rings. The van der Waals surface area contributed by atoms with E-state index in [1.807, 2.05) is 17.1 Å². The number of ether oxygens (including phenoxy) is 1. The summed E-state index contributed by atoms with van der Waals surface area (Å²) in [6, 6.07) is 7.22. The largest absolute Gasteiger partial charge is 0.478 e. The summed E-state index contributed by atoms with van der Waals surface area (Å²) in [5.41, 5.74) is 3.49. The minimum absolute atomic E-state index is 0.0245. The van der Waals surface area contributed by atoms with Crippen LogP contribution in [0.1, 0.15) is 25.7 Å². The molecule has 1 saturated heterocycles. The van der Waals surface area contributed by atoms with Gasteiger partial charge >= 0.3 is 0 Å². The van der Waals surface area contributed by atoms with Gasteiger partial charge in [0, 0.05) is 13.1 Å². The second-order valence-electron chi connectivity index (χ2n) is 5.38. The van der Waals surface area contributed by atoms with Gasteiger partial charge in [0.15, 0.2) is 6.10 Å². The first-order valence-electron chi connectivity index (χ1n) is 7.33.